The van der Waals surface area contributed by atoms with Crippen molar-refractivity contribution in [2.45, 2.75) is 6.92 Å². The van der Waals surface area contributed by atoms with E-state index < -0.39 is 0 Å². The number of nitrogens with two attached hydrogens (primary N) is 1. The molecule has 16 heavy (non-hydrogen) atoms. The maximum Gasteiger partial charge on any atom is 0.338 e. The minimum atomic E-state index is -0.374. The molecule has 1 aromatic carbocycles. The lowest BCUT2D eigenvalue weighted by atomic mass is 10.1. The number of fused-ring (bicyclic) bond motifs is 1. The molecule has 0 atom stereocenters. The van der Waals surface area contributed by atoms with Crippen LogP contribution in [0.3, 0.4) is 0 Å². The quantitative estimate of drug-likeness (QED) is 0.584. The monoisotopic (exact) mass is 216 g/mol. The molecule has 0 radical (unpaired) electrons. The summed E-state index contributed by atoms with van der Waals surface area (Å²) in [5.41, 5.74) is 8.31. The number of pyridine rings is 1. The summed E-state index contributed by atoms with van der Waals surface area (Å²) in [5, 5.41) is 0.720. The fraction of sp³-hybridized carbons (Fsp3) is 0.167. The Balaban J connectivity index is 2.79. The highest BCUT2D eigenvalue weighted by Crippen LogP contribution is 2.21. The van der Waals surface area contributed by atoms with Crippen LogP contribution in [0.4, 0.5) is 5.69 Å². The van der Waals surface area contributed by atoms with Gasteiger partial charge in [0.05, 0.1) is 18.2 Å². The van der Waals surface area contributed by atoms with Crippen LogP contribution in [-0.2, 0) is 4.74 Å². The Bertz CT molecular complexity index is 564. The van der Waals surface area contributed by atoms with Crippen molar-refractivity contribution in [1.29, 1.82) is 0 Å². The zero-order chi connectivity index (χ0) is 11.7. The molecular formula is C12H12N2O2. The zero-order valence-electron chi connectivity index (χ0n) is 9.15. The van der Waals surface area contributed by atoms with Crippen molar-refractivity contribution >= 4 is 22.6 Å². The van der Waals surface area contributed by atoms with Crippen molar-refractivity contribution in [2.75, 3.05) is 12.8 Å². The number of ether oxygens (including phenoxy) is 1. The number of hydrogen-bond donors (Lipinski definition) is 1. The summed E-state index contributed by atoms with van der Waals surface area (Å²) in [6.45, 7) is 1.84. The average Bonchev–Trinajstić information content (AvgIpc) is 2.27. The van der Waals surface area contributed by atoms with Gasteiger partial charge in [-0.3, -0.25) is 4.98 Å². The summed E-state index contributed by atoms with van der Waals surface area (Å²) in [6, 6.07) is 6.99. The van der Waals surface area contributed by atoms with Crippen molar-refractivity contribution in [1.82, 2.24) is 4.98 Å². The molecule has 0 spiro atoms. The Hall–Kier alpha value is -2.10. The summed E-state index contributed by atoms with van der Waals surface area (Å²) in [4.78, 5) is 15.9. The van der Waals surface area contributed by atoms with Crippen LogP contribution in [0.1, 0.15) is 16.1 Å². The smallest absolute Gasteiger partial charge is 0.338 e. The summed E-state index contributed by atoms with van der Waals surface area (Å²) in [5.74, 6) is -0.374. The van der Waals surface area contributed by atoms with Gasteiger partial charge in [-0.05, 0) is 31.2 Å². The van der Waals surface area contributed by atoms with Crippen LogP contribution in [0.2, 0.25) is 0 Å². The van der Waals surface area contributed by atoms with Crippen LogP contribution in [0.25, 0.3) is 10.9 Å². The van der Waals surface area contributed by atoms with Crippen LogP contribution >= 0.6 is 0 Å². The van der Waals surface area contributed by atoms with Crippen molar-refractivity contribution < 1.29 is 9.53 Å². The van der Waals surface area contributed by atoms with Crippen molar-refractivity contribution in [3.63, 3.8) is 0 Å². The fourth-order valence-corrected chi connectivity index (χ4v) is 1.65. The van der Waals surface area contributed by atoms with Crippen molar-refractivity contribution in [2.24, 2.45) is 0 Å². The van der Waals surface area contributed by atoms with Crippen LogP contribution < -0.4 is 5.73 Å². The number of anilines is 1. The van der Waals surface area contributed by atoms with Gasteiger partial charge in [0, 0.05) is 16.8 Å². The van der Waals surface area contributed by atoms with Gasteiger partial charge in [0.2, 0.25) is 0 Å². The number of hydrogen-bond acceptors (Lipinski definition) is 4. The van der Waals surface area contributed by atoms with Crippen molar-refractivity contribution in [3.05, 3.63) is 35.5 Å². The Morgan fingerprint density at radius 2 is 2.12 bits per heavy atom. The topological polar surface area (TPSA) is 65.2 Å². The zero-order valence-corrected chi connectivity index (χ0v) is 9.15. The predicted octanol–water partition coefficient (Wildman–Crippen LogP) is 1.91. The van der Waals surface area contributed by atoms with E-state index in [1.165, 1.54) is 7.11 Å². The van der Waals surface area contributed by atoms with Crippen LogP contribution in [-0.4, -0.2) is 18.1 Å². The first-order valence-corrected chi connectivity index (χ1v) is 4.87. The Kier molecular flexibility index (Phi) is 2.48. The third-order valence-corrected chi connectivity index (χ3v) is 2.37. The maximum atomic E-state index is 11.6. The largest absolute Gasteiger partial charge is 0.465 e. The Morgan fingerprint density at radius 3 is 2.81 bits per heavy atom. The second kappa shape index (κ2) is 3.81. The summed E-state index contributed by atoms with van der Waals surface area (Å²) in [6.07, 6.45) is 0. The number of carbonyl (C=O) groups excluding carboxylic acids is 1. The number of rotatable bonds is 1. The lowest BCUT2D eigenvalue weighted by Gasteiger charge is -2.06. The van der Waals surface area contributed by atoms with E-state index in [-0.39, 0.29) is 5.97 Å². The van der Waals surface area contributed by atoms with E-state index in [1.54, 1.807) is 24.3 Å². The molecule has 0 fully saturated rings. The van der Waals surface area contributed by atoms with Crippen molar-refractivity contribution in [3.8, 4) is 0 Å². The van der Waals surface area contributed by atoms with Gasteiger partial charge in [0.15, 0.2) is 0 Å². The van der Waals surface area contributed by atoms with E-state index in [9.17, 15) is 4.79 Å². The van der Waals surface area contributed by atoms with E-state index in [0.29, 0.717) is 11.3 Å². The van der Waals surface area contributed by atoms with Gasteiger partial charge in [-0.2, -0.15) is 0 Å². The number of esters is 1. The molecular weight excluding hydrogens is 204 g/mol. The van der Waals surface area contributed by atoms with E-state index in [2.05, 4.69) is 4.98 Å². The first-order valence-electron chi connectivity index (χ1n) is 4.87. The van der Waals surface area contributed by atoms with Gasteiger partial charge < -0.3 is 10.5 Å². The lowest BCUT2D eigenvalue weighted by molar-refractivity contribution is 0.0603. The Labute approximate surface area is 93.0 Å². The third kappa shape index (κ3) is 1.69. The minimum Gasteiger partial charge on any atom is -0.465 e. The van der Waals surface area contributed by atoms with E-state index in [0.717, 1.165) is 16.6 Å². The number of methoxy groups -OCH3 is 1. The maximum absolute atomic E-state index is 11.6. The first-order chi connectivity index (χ1) is 7.61. The van der Waals surface area contributed by atoms with E-state index in [4.69, 9.17) is 10.5 Å². The number of nitrogens with zero attached hydrogens (tertiary/aromatic N) is 1. The molecule has 1 heterocycles. The highest BCUT2D eigenvalue weighted by atomic mass is 16.5. The number of aromatic nitrogens is 1. The van der Waals surface area contributed by atoms with E-state index >= 15 is 0 Å². The second-order valence-corrected chi connectivity index (χ2v) is 3.58. The summed E-state index contributed by atoms with van der Waals surface area (Å²) >= 11 is 0. The molecule has 0 amide bonds. The van der Waals surface area contributed by atoms with Gasteiger partial charge >= 0.3 is 5.97 Å². The molecule has 2 rings (SSSR count). The number of nitrogen functional groups attached to an aromatic ring is 1. The molecule has 0 aliphatic rings. The Morgan fingerprint density at radius 1 is 1.38 bits per heavy atom. The lowest BCUT2D eigenvalue weighted by Crippen LogP contribution is -2.04. The van der Waals surface area contributed by atoms with Crippen LogP contribution in [0, 0.1) is 6.92 Å². The molecule has 0 saturated carbocycles. The number of benzene rings is 1. The molecule has 4 nitrogen and oxygen atoms in total. The molecule has 0 unspecified atom stereocenters. The molecule has 2 aromatic rings. The van der Waals surface area contributed by atoms with Gasteiger partial charge in [-0.1, -0.05) is 0 Å². The molecule has 1 aromatic heterocycles. The first kappa shape index (κ1) is 10.4. The van der Waals surface area contributed by atoms with E-state index in [1.807, 2.05) is 6.92 Å². The second-order valence-electron chi connectivity index (χ2n) is 3.58. The number of carbonyl (C=O) groups is 1. The van der Waals surface area contributed by atoms with Crippen LogP contribution in [0.5, 0.6) is 0 Å². The van der Waals surface area contributed by atoms with Gasteiger partial charge in [0.1, 0.15) is 0 Å². The molecule has 0 aliphatic carbocycles. The normalized spacial score (nSPS) is 10.4. The molecule has 0 aliphatic heterocycles. The third-order valence-electron chi connectivity index (χ3n) is 2.37. The molecule has 82 valence electrons. The highest BCUT2D eigenvalue weighted by molar-refractivity contribution is 6.04. The minimum absolute atomic E-state index is 0.374. The highest BCUT2D eigenvalue weighted by Gasteiger charge is 2.12. The predicted molar refractivity (Wildman–Crippen MR) is 62.2 cm³/mol. The van der Waals surface area contributed by atoms with Gasteiger partial charge in [-0.15, -0.1) is 0 Å². The molecule has 2 N–H and O–H groups in total. The standard InChI is InChI=1S/C12H12N2O2/c1-7-5-10(12(15)16-2)9-6-8(13)3-4-11(9)14-7/h3-6H,13H2,1-2H3. The molecule has 0 bridgehead atoms. The summed E-state index contributed by atoms with van der Waals surface area (Å²) in [7, 11) is 1.36. The molecule has 4 heteroatoms. The van der Waals surface area contributed by atoms with Gasteiger partial charge in [-0.25, -0.2) is 4.79 Å². The van der Waals surface area contributed by atoms with Gasteiger partial charge in [0.25, 0.3) is 0 Å². The average molecular weight is 216 g/mol. The SMILES string of the molecule is COC(=O)c1cc(C)nc2ccc(N)cc12. The summed E-state index contributed by atoms with van der Waals surface area (Å²) < 4.78 is 4.73. The molecule has 0 saturated heterocycles. The fourth-order valence-electron chi connectivity index (χ4n) is 1.65. The van der Waals surface area contributed by atoms with Crippen LogP contribution in [0.15, 0.2) is 24.3 Å². The number of aryl methyl sites for hydroxylation is 1.